The maximum Gasteiger partial charge on any atom is 0.113 e. The van der Waals surface area contributed by atoms with Crippen LogP contribution in [-0.2, 0) is 6.42 Å². The average molecular weight is 372 g/mol. The summed E-state index contributed by atoms with van der Waals surface area (Å²) in [6.45, 7) is 2.29. The fraction of sp³-hybridized carbons (Fsp3) is 0.750. The van der Waals surface area contributed by atoms with Crippen molar-refractivity contribution in [1.29, 1.82) is 0 Å². The van der Waals surface area contributed by atoms with Crippen LogP contribution in [0.2, 0.25) is 0 Å². The molecule has 2 aromatic rings. The third kappa shape index (κ3) is 9.93. The van der Waals surface area contributed by atoms with E-state index in [1.807, 2.05) is 0 Å². The van der Waals surface area contributed by atoms with Gasteiger partial charge < -0.3 is 0 Å². The van der Waals surface area contributed by atoms with Crippen molar-refractivity contribution < 1.29 is 0 Å². The molecular formula is C24H41N3. The molecule has 0 saturated carbocycles. The number of aryl methyl sites for hydroxylation is 1. The standard InChI is InChI=1S/C24H41N3/c1-2-3-4-5-6-7-8-9-10-11-12-13-14-15-16-17-18-22-19-20-23-24(21-22)26-27-25-23/h19-21H,2-18H2,1H3,(H,25,26,27). The summed E-state index contributed by atoms with van der Waals surface area (Å²) in [4.78, 5) is 0. The van der Waals surface area contributed by atoms with Crippen molar-refractivity contribution in [3.63, 3.8) is 0 Å². The van der Waals surface area contributed by atoms with Gasteiger partial charge in [-0.25, -0.2) is 0 Å². The Morgan fingerprint density at radius 3 is 1.63 bits per heavy atom. The molecule has 0 radical (unpaired) electrons. The van der Waals surface area contributed by atoms with Crippen molar-refractivity contribution in [2.24, 2.45) is 0 Å². The van der Waals surface area contributed by atoms with E-state index in [9.17, 15) is 0 Å². The molecule has 0 bridgehead atoms. The minimum Gasteiger partial charge on any atom is -0.197 e. The highest BCUT2D eigenvalue weighted by Crippen LogP contribution is 2.16. The number of unbranched alkanes of at least 4 members (excludes halogenated alkanes) is 15. The summed E-state index contributed by atoms with van der Waals surface area (Å²) in [6, 6.07) is 6.43. The van der Waals surface area contributed by atoms with Gasteiger partial charge in [0.05, 0.1) is 0 Å². The number of nitrogens with one attached hydrogen (secondary N) is 1. The quantitative estimate of drug-likeness (QED) is 0.289. The van der Waals surface area contributed by atoms with Crippen LogP contribution in [0.25, 0.3) is 11.0 Å². The van der Waals surface area contributed by atoms with Gasteiger partial charge in [0.2, 0.25) is 0 Å². The van der Waals surface area contributed by atoms with Crippen molar-refractivity contribution in [3.8, 4) is 0 Å². The molecule has 0 atom stereocenters. The number of nitrogens with zero attached hydrogens (tertiary/aromatic N) is 2. The van der Waals surface area contributed by atoms with Gasteiger partial charge in [0.25, 0.3) is 0 Å². The maximum atomic E-state index is 4.17. The summed E-state index contributed by atoms with van der Waals surface area (Å²) in [7, 11) is 0. The van der Waals surface area contributed by atoms with Crippen LogP contribution in [0.5, 0.6) is 0 Å². The fourth-order valence-corrected chi connectivity index (χ4v) is 3.92. The lowest BCUT2D eigenvalue weighted by Gasteiger charge is -2.04. The number of fused-ring (bicyclic) bond motifs is 1. The molecule has 0 spiro atoms. The first-order valence-electron chi connectivity index (χ1n) is 11.7. The lowest BCUT2D eigenvalue weighted by Crippen LogP contribution is -1.87. The highest BCUT2D eigenvalue weighted by Gasteiger charge is 2.00. The highest BCUT2D eigenvalue weighted by atomic mass is 15.3. The summed E-state index contributed by atoms with van der Waals surface area (Å²) in [5.41, 5.74) is 3.34. The Hall–Kier alpha value is -1.38. The Balaban J connectivity index is 1.32. The molecule has 1 aromatic heterocycles. The summed E-state index contributed by atoms with van der Waals surface area (Å²) >= 11 is 0. The predicted molar refractivity (Wildman–Crippen MR) is 117 cm³/mol. The number of hydrogen-bond donors (Lipinski definition) is 1. The summed E-state index contributed by atoms with van der Waals surface area (Å²) in [5, 5.41) is 11.0. The molecule has 0 aliphatic carbocycles. The van der Waals surface area contributed by atoms with Crippen molar-refractivity contribution in [2.45, 2.75) is 116 Å². The van der Waals surface area contributed by atoms with Gasteiger partial charge in [0.15, 0.2) is 0 Å². The average Bonchev–Trinajstić information content (AvgIpc) is 3.15. The molecule has 0 unspecified atom stereocenters. The van der Waals surface area contributed by atoms with E-state index in [2.05, 4.69) is 40.5 Å². The van der Waals surface area contributed by atoms with E-state index in [1.165, 1.54) is 115 Å². The van der Waals surface area contributed by atoms with Gasteiger partial charge in [-0.15, -0.1) is 0 Å². The number of aromatic amines is 1. The lowest BCUT2D eigenvalue weighted by atomic mass is 10.0. The largest absolute Gasteiger partial charge is 0.197 e. The molecule has 3 nitrogen and oxygen atoms in total. The van der Waals surface area contributed by atoms with Crippen LogP contribution in [0.4, 0.5) is 0 Å². The smallest absolute Gasteiger partial charge is 0.113 e. The van der Waals surface area contributed by atoms with Crippen LogP contribution >= 0.6 is 0 Å². The van der Waals surface area contributed by atoms with Gasteiger partial charge in [-0.1, -0.05) is 109 Å². The highest BCUT2D eigenvalue weighted by molar-refractivity contribution is 5.74. The Morgan fingerprint density at radius 1 is 0.593 bits per heavy atom. The third-order valence-corrected chi connectivity index (χ3v) is 5.70. The number of benzene rings is 1. The van der Waals surface area contributed by atoms with E-state index >= 15 is 0 Å². The fourth-order valence-electron chi connectivity index (χ4n) is 3.92. The molecular weight excluding hydrogens is 330 g/mol. The summed E-state index contributed by atoms with van der Waals surface area (Å²) in [5.74, 6) is 0. The number of H-pyrrole nitrogens is 1. The van der Waals surface area contributed by atoms with Crippen LogP contribution < -0.4 is 0 Å². The molecule has 0 saturated heterocycles. The molecule has 0 fully saturated rings. The zero-order chi connectivity index (χ0) is 19.0. The molecule has 1 heterocycles. The lowest BCUT2D eigenvalue weighted by molar-refractivity contribution is 0.529. The third-order valence-electron chi connectivity index (χ3n) is 5.70. The molecule has 152 valence electrons. The van der Waals surface area contributed by atoms with Crippen LogP contribution in [-0.4, -0.2) is 15.4 Å². The minimum absolute atomic E-state index is 0.964. The van der Waals surface area contributed by atoms with Crippen molar-refractivity contribution >= 4 is 11.0 Å². The van der Waals surface area contributed by atoms with Crippen molar-refractivity contribution in [2.75, 3.05) is 0 Å². The molecule has 0 aliphatic rings. The normalized spacial score (nSPS) is 11.4. The molecule has 0 amide bonds. The Morgan fingerprint density at radius 2 is 1.07 bits per heavy atom. The molecule has 27 heavy (non-hydrogen) atoms. The van der Waals surface area contributed by atoms with Gasteiger partial charge in [0.1, 0.15) is 11.0 Å². The maximum absolute atomic E-state index is 4.17. The van der Waals surface area contributed by atoms with Gasteiger partial charge >= 0.3 is 0 Å². The zero-order valence-electron chi connectivity index (χ0n) is 17.6. The van der Waals surface area contributed by atoms with Gasteiger partial charge in [-0.05, 0) is 30.5 Å². The van der Waals surface area contributed by atoms with Crippen LogP contribution in [0.15, 0.2) is 18.2 Å². The topological polar surface area (TPSA) is 41.6 Å². The molecule has 1 aromatic carbocycles. The summed E-state index contributed by atoms with van der Waals surface area (Å²) in [6.07, 6.45) is 24.0. The second-order valence-electron chi connectivity index (χ2n) is 8.20. The van der Waals surface area contributed by atoms with E-state index in [1.54, 1.807) is 0 Å². The van der Waals surface area contributed by atoms with E-state index < -0.39 is 0 Å². The second-order valence-corrected chi connectivity index (χ2v) is 8.20. The Bertz CT molecular complexity index is 590. The predicted octanol–water partition coefficient (Wildman–Crippen LogP) is 7.76. The van der Waals surface area contributed by atoms with E-state index in [0.717, 1.165) is 11.0 Å². The van der Waals surface area contributed by atoms with Crippen molar-refractivity contribution in [3.05, 3.63) is 23.8 Å². The van der Waals surface area contributed by atoms with E-state index in [4.69, 9.17) is 0 Å². The number of rotatable bonds is 17. The number of hydrogen-bond acceptors (Lipinski definition) is 2. The zero-order valence-corrected chi connectivity index (χ0v) is 17.6. The van der Waals surface area contributed by atoms with E-state index in [-0.39, 0.29) is 0 Å². The monoisotopic (exact) mass is 371 g/mol. The Kier molecular flexibility index (Phi) is 11.9. The summed E-state index contributed by atoms with van der Waals surface area (Å²) < 4.78 is 0. The second kappa shape index (κ2) is 14.6. The number of aromatic nitrogens is 3. The van der Waals surface area contributed by atoms with E-state index in [0.29, 0.717) is 0 Å². The molecule has 2 rings (SSSR count). The molecule has 3 heteroatoms. The first kappa shape index (κ1) is 21.9. The van der Waals surface area contributed by atoms with Crippen molar-refractivity contribution in [1.82, 2.24) is 15.4 Å². The van der Waals surface area contributed by atoms with Crippen LogP contribution in [0.3, 0.4) is 0 Å². The molecule has 1 N–H and O–H groups in total. The first-order valence-corrected chi connectivity index (χ1v) is 11.7. The van der Waals surface area contributed by atoms with Gasteiger partial charge in [-0.2, -0.15) is 15.4 Å². The first-order chi connectivity index (χ1) is 13.4. The van der Waals surface area contributed by atoms with Gasteiger partial charge in [-0.3, -0.25) is 0 Å². The SMILES string of the molecule is CCCCCCCCCCCCCCCCCCc1ccc2n[nH]nc2c1. The van der Waals surface area contributed by atoms with Gasteiger partial charge in [0, 0.05) is 0 Å². The van der Waals surface area contributed by atoms with Crippen LogP contribution in [0.1, 0.15) is 115 Å². The minimum atomic E-state index is 0.964. The van der Waals surface area contributed by atoms with Crippen LogP contribution in [0, 0.1) is 0 Å². The molecule has 0 aliphatic heterocycles. The Labute approximate surface area is 166 Å².